The fourth-order valence-corrected chi connectivity index (χ4v) is 7.79. The number of aliphatic carboxylic acids is 1. The molecule has 0 spiro atoms. The van der Waals surface area contributed by atoms with Crippen molar-refractivity contribution in [3.8, 4) is 5.75 Å². The molecule has 2 heterocycles. The van der Waals surface area contributed by atoms with E-state index in [1.165, 1.54) is 24.0 Å². The van der Waals surface area contributed by atoms with Crippen molar-refractivity contribution < 1.29 is 23.1 Å². The second kappa shape index (κ2) is 9.69. The molecule has 1 aromatic heterocycles. The highest BCUT2D eigenvalue weighted by Gasteiger charge is 2.47. The van der Waals surface area contributed by atoms with Gasteiger partial charge in [-0.1, -0.05) is 60.7 Å². The summed E-state index contributed by atoms with van der Waals surface area (Å²) < 4.78 is 34.9. The molecule has 178 valence electrons. The number of carboxylic acids is 1. The molecule has 0 radical (unpaired) electrons. The molecule has 5 rings (SSSR count). The third kappa shape index (κ3) is 4.62. The van der Waals surface area contributed by atoms with Crippen LogP contribution in [0.4, 0.5) is 0 Å². The molecule has 3 aromatic carbocycles. The lowest BCUT2D eigenvalue weighted by Crippen LogP contribution is -2.42. The molecule has 1 aliphatic heterocycles. The van der Waals surface area contributed by atoms with E-state index in [0.29, 0.717) is 28.8 Å². The lowest BCUT2D eigenvalue weighted by atomic mass is 10.2. The Labute approximate surface area is 207 Å². The SMILES string of the molecule is O=C(O)C1CSC(c2cccc(OCc3ccccc3)c2)N1S(=O)(=O)c1cccc2cccnc12. The third-order valence-electron chi connectivity index (χ3n) is 5.78. The Morgan fingerprint density at radius 2 is 1.80 bits per heavy atom. The highest BCUT2D eigenvalue weighted by molar-refractivity contribution is 8.01. The number of hydrogen-bond donors (Lipinski definition) is 1. The van der Waals surface area contributed by atoms with Crippen LogP contribution >= 0.6 is 11.8 Å². The van der Waals surface area contributed by atoms with Gasteiger partial charge < -0.3 is 9.84 Å². The van der Waals surface area contributed by atoms with Crippen LogP contribution in [-0.4, -0.2) is 40.6 Å². The van der Waals surface area contributed by atoms with Gasteiger partial charge in [0.25, 0.3) is 0 Å². The summed E-state index contributed by atoms with van der Waals surface area (Å²) in [6, 6.07) is 24.1. The Morgan fingerprint density at radius 1 is 1.03 bits per heavy atom. The molecular formula is C26H22N2O5S2. The minimum Gasteiger partial charge on any atom is -0.489 e. The van der Waals surface area contributed by atoms with E-state index < -0.39 is 27.4 Å². The van der Waals surface area contributed by atoms with Crippen molar-refractivity contribution in [3.63, 3.8) is 0 Å². The minimum absolute atomic E-state index is 0.00849. The number of nitrogens with zero attached hydrogens (tertiary/aromatic N) is 2. The molecule has 0 bridgehead atoms. The number of carboxylic acid groups (broad SMARTS) is 1. The van der Waals surface area contributed by atoms with Crippen LogP contribution in [0.25, 0.3) is 10.9 Å². The second-order valence-electron chi connectivity index (χ2n) is 8.05. The summed E-state index contributed by atoms with van der Waals surface area (Å²) in [5, 5.41) is 9.82. The van der Waals surface area contributed by atoms with Gasteiger partial charge in [0.05, 0.1) is 10.9 Å². The molecule has 7 nitrogen and oxygen atoms in total. The first-order valence-corrected chi connectivity index (χ1v) is 13.4. The summed E-state index contributed by atoms with van der Waals surface area (Å²) in [6.45, 7) is 0.365. The number of rotatable bonds is 7. The number of aromatic nitrogens is 1. The van der Waals surface area contributed by atoms with E-state index in [1.807, 2.05) is 30.3 Å². The quantitative estimate of drug-likeness (QED) is 0.388. The van der Waals surface area contributed by atoms with Crippen LogP contribution in [0.3, 0.4) is 0 Å². The van der Waals surface area contributed by atoms with Gasteiger partial charge in [-0.05, 0) is 35.4 Å². The number of carbonyl (C=O) groups is 1. The monoisotopic (exact) mass is 506 g/mol. The zero-order chi connectivity index (χ0) is 24.4. The van der Waals surface area contributed by atoms with Crippen LogP contribution in [0.15, 0.2) is 96.0 Å². The summed E-state index contributed by atoms with van der Waals surface area (Å²) in [5.41, 5.74) is 1.97. The van der Waals surface area contributed by atoms with Crippen LogP contribution < -0.4 is 4.74 Å². The molecule has 1 fully saturated rings. The van der Waals surface area contributed by atoms with E-state index in [0.717, 1.165) is 9.87 Å². The number of para-hydroxylation sites is 1. The normalized spacial score (nSPS) is 18.5. The van der Waals surface area contributed by atoms with Gasteiger partial charge >= 0.3 is 5.97 Å². The molecule has 0 aliphatic carbocycles. The van der Waals surface area contributed by atoms with E-state index in [2.05, 4.69) is 4.98 Å². The highest BCUT2D eigenvalue weighted by atomic mass is 32.2. The molecule has 2 unspecified atom stereocenters. The fraction of sp³-hybridized carbons (Fsp3) is 0.154. The zero-order valence-corrected chi connectivity index (χ0v) is 20.2. The number of thioether (sulfide) groups is 1. The smallest absolute Gasteiger partial charge is 0.322 e. The van der Waals surface area contributed by atoms with Crippen molar-refractivity contribution >= 4 is 38.7 Å². The Balaban J connectivity index is 1.51. The van der Waals surface area contributed by atoms with E-state index in [4.69, 9.17) is 4.74 Å². The molecule has 0 saturated carbocycles. The predicted molar refractivity (Wildman–Crippen MR) is 135 cm³/mol. The van der Waals surface area contributed by atoms with Gasteiger partial charge in [0.2, 0.25) is 10.0 Å². The van der Waals surface area contributed by atoms with E-state index in [1.54, 1.807) is 48.5 Å². The first kappa shape index (κ1) is 23.3. The number of ether oxygens (including phenoxy) is 1. The number of pyridine rings is 1. The Kier molecular flexibility index (Phi) is 6.46. The lowest BCUT2D eigenvalue weighted by Gasteiger charge is -2.27. The Bertz CT molecular complexity index is 1470. The van der Waals surface area contributed by atoms with Crippen molar-refractivity contribution in [1.29, 1.82) is 0 Å². The van der Waals surface area contributed by atoms with Crippen molar-refractivity contribution in [2.45, 2.75) is 22.9 Å². The van der Waals surface area contributed by atoms with Crippen LogP contribution in [0.5, 0.6) is 5.75 Å². The van der Waals surface area contributed by atoms with Crippen LogP contribution in [-0.2, 0) is 21.4 Å². The van der Waals surface area contributed by atoms with E-state index in [9.17, 15) is 18.3 Å². The molecule has 1 saturated heterocycles. The fourth-order valence-electron chi connectivity index (χ4n) is 4.11. The van der Waals surface area contributed by atoms with Crippen LogP contribution in [0, 0.1) is 0 Å². The first-order chi connectivity index (χ1) is 16.9. The maximum atomic E-state index is 13.9. The molecular weight excluding hydrogens is 484 g/mol. The van der Waals surface area contributed by atoms with Crippen molar-refractivity contribution in [2.75, 3.05) is 5.75 Å². The number of hydrogen-bond acceptors (Lipinski definition) is 6. The molecule has 2 atom stereocenters. The summed E-state index contributed by atoms with van der Waals surface area (Å²) >= 11 is 1.28. The number of fused-ring (bicyclic) bond motifs is 1. The Morgan fingerprint density at radius 3 is 2.60 bits per heavy atom. The maximum Gasteiger partial charge on any atom is 0.322 e. The molecule has 4 aromatic rings. The molecule has 1 aliphatic rings. The largest absolute Gasteiger partial charge is 0.489 e. The van der Waals surface area contributed by atoms with Crippen molar-refractivity contribution in [3.05, 3.63) is 102 Å². The topological polar surface area (TPSA) is 96.8 Å². The van der Waals surface area contributed by atoms with Gasteiger partial charge in [0.15, 0.2) is 0 Å². The van der Waals surface area contributed by atoms with Crippen LogP contribution in [0.1, 0.15) is 16.5 Å². The predicted octanol–water partition coefficient (Wildman–Crippen LogP) is 4.70. The van der Waals surface area contributed by atoms with E-state index in [-0.39, 0.29) is 10.6 Å². The zero-order valence-electron chi connectivity index (χ0n) is 18.5. The Hall–Kier alpha value is -3.40. The first-order valence-electron chi connectivity index (χ1n) is 10.9. The molecule has 1 N–H and O–H groups in total. The second-order valence-corrected chi connectivity index (χ2v) is 11.0. The highest BCUT2D eigenvalue weighted by Crippen LogP contribution is 2.46. The van der Waals surface area contributed by atoms with Gasteiger partial charge in [-0.15, -0.1) is 11.8 Å². The standard InChI is InChI=1S/C26H22N2O5S2/c29-26(30)22-17-34-25(20-10-4-12-21(15-20)33-16-18-7-2-1-3-8-18)28(22)35(31,32)23-13-5-9-19-11-6-14-27-24(19)23/h1-15,22,25H,16-17H2,(H,29,30). The summed E-state index contributed by atoms with van der Waals surface area (Å²) in [5.74, 6) is -0.477. The lowest BCUT2D eigenvalue weighted by molar-refractivity contribution is -0.140. The minimum atomic E-state index is -4.20. The maximum absolute atomic E-state index is 13.9. The van der Waals surface area contributed by atoms with Gasteiger partial charge in [-0.2, -0.15) is 4.31 Å². The van der Waals surface area contributed by atoms with Crippen molar-refractivity contribution in [1.82, 2.24) is 9.29 Å². The molecule has 35 heavy (non-hydrogen) atoms. The van der Waals surface area contributed by atoms with Gasteiger partial charge in [-0.3, -0.25) is 9.78 Å². The molecule has 9 heteroatoms. The van der Waals surface area contributed by atoms with Crippen molar-refractivity contribution in [2.24, 2.45) is 0 Å². The summed E-state index contributed by atoms with van der Waals surface area (Å²) in [4.78, 5) is 16.4. The third-order valence-corrected chi connectivity index (χ3v) is 9.14. The summed E-state index contributed by atoms with van der Waals surface area (Å²) in [7, 11) is -4.20. The van der Waals surface area contributed by atoms with Gasteiger partial charge in [-0.25, -0.2) is 8.42 Å². The van der Waals surface area contributed by atoms with E-state index >= 15 is 0 Å². The average molecular weight is 507 g/mol. The number of benzene rings is 3. The average Bonchev–Trinajstić information content (AvgIpc) is 3.35. The van der Waals surface area contributed by atoms with Gasteiger partial charge in [0, 0.05) is 17.3 Å². The van der Waals surface area contributed by atoms with Gasteiger partial charge in [0.1, 0.15) is 23.3 Å². The summed E-state index contributed by atoms with van der Waals surface area (Å²) in [6.07, 6.45) is 1.53. The van der Waals surface area contributed by atoms with Crippen LogP contribution in [0.2, 0.25) is 0 Å². The number of sulfonamides is 1. The molecule has 0 amide bonds.